The molecule has 0 aliphatic carbocycles. The summed E-state index contributed by atoms with van der Waals surface area (Å²) in [6.45, 7) is 3.94. The first-order valence-electron chi connectivity index (χ1n) is 13.0. The van der Waals surface area contributed by atoms with Gasteiger partial charge in [0, 0.05) is 37.4 Å². The van der Waals surface area contributed by atoms with Crippen LogP contribution in [0.1, 0.15) is 54.2 Å². The van der Waals surface area contributed by atoms with Crippen LogP contribution in [0.4, 0.5) is 8.78 Å². The Morgan fingerprint density at radius 1 is 1.18 bits per heavy atom. The lowest BCUT2D eigenvalue weighted by Crippen LogP contribution is -2.36. The van der Waals surface area contributed by atoms with Crippen LogP contribution in [0.3, 0.4) is 0 Å². The molecule has 7 nitrogen and oxygen atoms in total. The number of pyridine rings is 1. The Bertz CT molecular complexity index is 1430. The number of alkyl halides is 1. The smallest absolute Gasteiger partial charge is 0.269 e. The first kappa shape index (κ1) is 29.6. The molecule has 0 radical (unpaired) electrons. The van der Waals surface area contributed by atoms with Crippen LogP contribution in [-0.2, 0) is 0 Å². The molecule has 3 aromatic heterocycles. The van der Waals surface area contributed by atoms with E-state index in [1.165, 1.54) is 11.3 Å². The predicted molar refractivity (Wildman–Crippen MR) is 156 cm³/mol. The number of hydrogen-bond acceptors (Lipinski definition) is 6. The fourth-order valence-corrected chi connectivity index (χ4v) is 6.31. The second-order valence-electron chi connectivity index (χ2n) is 9.93. The minimum absolute atomic E-state index is 0. The van der Waals surface area contributed by atoms with Crippen LogP contribution in [0.15, 0.2) is 36.7 Å². The van der Waals surface area contributed by atoms with Gasteiger partial charge in [-0.15, -0.1) is 24.8 Å². The van der Waals surface area contributed by atoms with Crippen molar-refractivity contribution in [2.45, 2.75) is 44.3 Å². The van der Waals surface area contributed by atoms with Gasteiger partial charge in [-0.1, -0.05) is 17.4 Å². The molecule has 2 aliphatic rings. The fourth-order valence-electron chi connectivity index (χ4n) is 5.30. The van der Waals surface area contributed by atoms with Gasteiger partial charge in [-0.25, -0.2) is 18.7 Å². The van der Waals surface area contributed by atoms with Crippen LogP contribution < -0.4 is 10.6 Å². The highest BCUT2D eigenvalue weighted by Gasteiger charge is 2.20. The Hall–Kier alpha value is -2.37. The van der Waals surface area contributed by atoms with Crippen molar-refractivity contribution in [3.05, 3.63) is 53.7 Å². The monoisotopic (exact) mass is 596 g/mol. The Kier molecular flexibility index (Phi) is 9.77. The van der Waals surface area contributed by atoms with Crippen molar-refractivity contribution in [3.8, 4) is 11.3 Å². The number of hydrogen-bond donors (Lipinski definition) is 2. The number of amides is 1. The molecule has 0 saturated carbocycles. The van der Waals surface area contributed by atoms with Gasteiger partial charge in [-0.2, -0.15) is 0 Å². The molecule has 6 rings (SSSR count). The number of likely N-dealkylation sites (tertiary alicyclic amines) is 1. The van der Waals surface area contributed by atoms with Crippen LogP contribution >= 0.6 is 36.2 Å². The number of nitrogens with zero attached hydrogens (tertiary/aromatic N) is 4. The van der Waals surface area contributed by atoms with Crippen molar-refractivity contribution in [1.82, 2.24) is 29.9 Å². The van der Waals surface area contributed by atoms with Crippen LogP contribution in [0.5, 0.6) is 0 Å². The third kappa shape index (κ3) is 6.36. The van der Waals surface area contributed by atoms with Crippen LogP contribution in [0, 0.1) is 5.82 Å². The lowest BCUT2D eigenvalue weighted by molar-refractivity contribution is 0.0945. The van der Waals surface area contributed by atoms with Gasteiger partial charge in [0.1, 0.15) is 17.7 Å². The topological polar surface area (TPSA) is 74.6 Å². The average molecular weight is 598 g/mol. The van der Waals surface area contributed by atoms with Crippen LogP contribution in [0.25, 0.3) is 26.4 Å². The van der Waals surface area contributed by atoms with E-state index in [9.17, 15) is 13.6 Å². The molecule has 5 heterocycles. The molecule has 2 aliphatic heterocycles. The number of aromatic nitrogens is 3. The number of thiazole rings is 1. The minimum atomic E-state index is -0.671. The van der Waals surface area contributed by atoms with Gasteiger partial charge < -0.3 is 15.5 Å². The summed E-state index contributed by atoms with van der Waals surface area (Å²) >= 11 is 1.45. The lowest BCUT2D eigenvalue weighted by Gasteiger charge is -2.28. The largest absolute Gasteiger partial charge is 0.351 e. The molecule has 2 fully saturated rings. The Morgan fingerprint density at radius 2 is 2.00 bits per heavy atom. The lowest BCUT2D eigenvalue weighted by atomic mass is 10.0. The van der Waals surface area contributed by atoms with Gasteiger partial charge in [-0.3, -0.25) is 9.20 Å². The molecule has 12 heteroatoms. The normalized spacial score (nSPS) is 18.3. The molecule has 1 amide bonds. The predicted octanol–water partition coefficient (Wildman–Crippen LogP) is 5.57. The molecule has 210 valence electrons. The molecule has 0 bridgehead atoms. The van der Waals surface area contributed by atoms with E-state index < -0.39 is 6.17 Å². The zero-order valence-electron chi connectivity index (χ0n) is 21.4. The highest BCUT2D eigenvalue weighted by molar-refractivity contribution is 7.23. The molecule has 1 atom stereocenters. The van der Waals surface area contributed by atoms with Crippen molar-refractivity contribution < 1.29 is 13.6 Å². The second kappa shape index (κ2) is 12.9. The molecule has 1 aromatic carbocycles. The van der Waals surface area contributed by atoms with E-state index in [2.05, 4.69) is 25.5 Å². The maximum atomic E-state index is 15.0. The Balaban J connectivity index is 0.00000176. The highest BCUT2D eigenvalue weighted by Crippen LogP contribution is 2.32. The number of nitrogens with one attached hydrogen (secondary N) is 2. The SMILES string of the molecule is Cl.Cl.O=C(NCCCN1CCC(F)CC1)c1cc2sc3nc(-c4ccc(C5CCCN5)cc4F)cn3c2cn1. The summed E-state index contributed by atoms with van der Waals surface area (Å²) in [6, 6.07) is 7.39. The van der Waals surface area contributed by atoms with Crippen LogP contribution in [-0.4, -0.2) is 64.1 Å². The van der Waals surface area contributed by atoms with Crippen molar-refractivity contribution in [2.75, 3.05) is 32.7 Å². The van der Waals surface area contributed by atoms with Crippen LogP contribution in [0.2, 0.25) is 0 Å². The van der Waals surface area contributed by atoms with Crippen molar-refractivity contribution in [2.24, 2.45) is 0 Å². The van der Waals surface area contributed by atoms with Crippen molar-refractivity contribution in [1.29, 1.82) is 0 Å². The minimum Gasteiger partial charge on any atom is -0.351 e. The summed E-state index contributed by atoms with van der Waals surface area (Å²) in [7, 11) is 0. The summed E-state index contributed by atoms with van der Waals surface area (Å²) in [5, 5.41) is 6.34. The van der Waals surface area contributed by atoms with Gasteiger partial charge in [0.25, 0.3) is 5.91 Å². The zero-order chi connectivity index (χ0) is 25.4. The molecule has 39 heavy (non-hydrogen) atoms. The number of halogens is 4. The number of fused-ring (bicyclic) bond motifs is 3. The van der Waals surface area contributed by atoms with E-state index in [4.69, 9.17) is 0 Å². The van der Waals surface area contributed by atoms with E-state index in [1.54, 1.807) is 18.3 Å². The summed E-state index contributed by atoms with van der Waals surface area (Å²) in [5.41, 5.74) is 3.22. The third-order valence-electron chi connectivity index (χ3n) is 7.40. The highest BCUT2D eigenvalue weighted by atomic mass is 35.5. The number of imidazole rings is 1. The quantitative estimate of drug-likeness (QED) is 0.273. The Morgan fingerprint density at radius 3 is 2.74 bits per heavy atom. The van der Waals surface area contributed by atoms with E-state index in [1.807, 2.05) is 22.7 Å². The van der Waals surface area contributed by atoms with Gasteiger partial charge in [0.15, 0.2) is 4.96 Å². The van der Waals surface area contributed by atoms with Gasteiger partial charge >= 0.3 is 0 Å². The number of benzene rings is 1. The number of piperidine rings is 1. The summed E-state index contributed by atoms with van der Waals surface area (Å²) in [5.74, 6) is -0.486. The molecular weight excluding hydrogens is 565 g/mol. The van der Waals surface area contributed by atoms with E-state index >= 15 is 0 Å². The summed E-state index contributed by atoms with van der Waals surface area (Å²) in [6.07, 6.45) is 6.97. The maximum absolute atomic E-state index is 15.0. The van der Waals surface area contributed by atoms with Gasteiger partial charge in [0.05, 0.1) is 22.1 Å². The first-order valence-corrected chi connectivity index (χ1v) is 13.8. The molecule has 0 spiro atoms. The van der Waals surface area contributed by atoms with E-state index in [-0.39, 0.29) is 42.6 Å². The molecular formula is C27H32Cl2F2N6OS. The standard InChI is InChI=1S/C27H30F2N6OS.2ClH/c28-18-6-11-34(12-7-18)10-2-9-31-26(36)22-14-25-24(15-32-22)35-16-23(33-27(35)37-25)19-5-4-17(13-20(19)29)21-3-1-8-30-21;;/h4-5,13-16,18,21,30H,1-3,6-12H2,(H,31,36);2*1H. The number of rotatable bonds is 7. The fraction of sp³-hybridized carbons (Fsp3) is 0.444. The number of carbonyl (C=O) groups excluding carboxylic acids is 1. The summed E-state index contributed by atoms with van der Waals surface area (Å²) < 4.78 is 31.0. The molecule has 4 aromatic rings. The number of carbonyl (C=O) groups is 1. The van der Waals surface area contributed by atoms with Crippen molar-refractivity contribution >= 4 is 57.2 Å². The second-order valence-corrected chi connectivity index (χ2v) is 10.9. The van der Waals surface area contributed by atoms with Gasteiger partial charge in [0.2, 0.25) is 0 Å². The average Bonchev–Trinajstić information content (AvgIpc) is 3.64. The Labute approximate surface area is 242 Å². The first-order chi connectivity index (χ1) is 18.0. The van der Waals surface area contributed by atoms with Crippen molar-refractivity contribution in [3.63, 3.8) is 0 Å². The van der Waals surface area contributed by atoms with E-state index in [0.29, 0.717) is 36.3 Å². The molecule has 2 saturated heterocycles. The zero-order valence-corrected chi connectivity index (χ0v) is 23.8. The van der Waals surface area contributed by atoms with E-state index in [0.717, 1.165) is 66.2 Å². The third-order valence-corrected chi connectivity index (χ3v) is 8.42. The molecule has 1 unspecified atom stereocenters. The molecule has 2 N–H and O–H groups in total. The van der Waals surface area contributed by atoms with Gasteiger partial charge in [-0.05, 0) is 69.0 Å². The maximum Gasteiger partial charge on any atom is 0.269 e. The summed E-state index contributed by atoms with van der Waals surface area (Å²) in [4.78, 5) is 24.6.